The Bertz CT molecular complexity index is 440. The third kappa shape index (κ3) is 3.66. The van der Waals surface area contributed by atoms with Crippen molar-refractivity contribution in [1.82, 2.24) is 5.32 Å². The summed E-state index contributed by atoms with van der Waals surface area (Å²) < 4.78 is 26.9. The lowest BCUT2D eigenvalue weighted by molar-refractivity contribution is 0.383. The molecule has 0 radical (unpaired) electrons. The molecule has 1 N–H and O–H groups in total. The fraction of sp³-hybridized carbons (Fsp3) is 0.600. The summed E-state index contributed by atoms with van der Waals surface area (Å²) in [6, 6.07) is 4.38. The fourth-order valence-corrected chi connectivity index (χ4v) is 2.41. The summed E-state index contributed by atoms with van der Waals surface area (Å²) in [6.07, 6.45) is 1.01. The van der Waals surface area contributed by atoms with Gasteiger partial charge in [-0.2, -0.15) is 0 Å². The molecular weight excluding hydrogens is 246 g/mol. The van der Waals surface area contributed by atoms with Gasteiger partial charge in [0.25, 0.3) is 0 Å². The molecule has 2 rings (SSSR count). The largest absolute Gasteiger partial charge is 0.369 e. The van der Waals surface area contributed by atoms with E-state index in [0.29, 0.717) is 11.6 Å². The van der Waals surface area contributed by atoms with Crippen LogP contribution in [0.25, 0.3) is 0 Å². The number of benzene rings is 1. The number of rotatable bonds is 3. The highest BCUT2D eigenvalue weighted by molar-refractivity contribution is 5.49. The topological polar surface area (TPSA) is 15.3 Å². The van der Waals surface area contributed by atoms with Gasteiger partial charge in [0.05, 0.1) is 5.69 Å². The quantitative estimate of drug-likeness (QED) is 0.905. The second kappa shape index (κ2) is 5.45. The number of halogens is 2. The van der Waals surface area contributed by atoms with E-state index in [9.17, 15) is 8.78 Å². The molecule has 1 unspecified atom stereocenters. The van der Waals surface area contributed by atoms with Crippen LogP contribution < -0.4 is 10.2 Å². The summed E-state index contributed by atoms with van der Waals surface area (Å²) in [5.74, 6) is -1.01. The minimum absolute atomic E-state index is 0.0948. The van der Waals surface area contributed by atoms with Crippen molar-refractivity contribution in [1.29, 1.82) is 0 Å². The zero-order chi connectivity index (χ0) is 14.0. The minimum Gasteiger partial charge on any atom is -0.369 e. The molecule has 0 saturated carbocycles. The summed E-state index contributed by atoms with van der Waals surface area (Å²) in [5.41, 5.74) is 0.482. The van der Waals surface area contributed by atoms with Crippen LogP contribution in [0.5, 0.6) is 0 Å². The van der Waals surface area contributed by atoms with Crippen LogP contribution in [0, 0.1) is 17.6 Å². The Morgan fingerprint density at radius 3 is 2.74 bits per heavy atom. The van der Waals surface area contributed by atoms with E-state index >= 15 is 0 Å². The standard InChI is InChI=1S/C15H22F2N2/c1-15(2,3)18-9-11-7-8-19(10-11)13-6-4-5-12(16)14(13)17/h4-6,11,18H,7-10H2,1-3H3. The van der Waals surface area contributed by atoms with Gasteiger partial charge in [-0.15, -0.1) is 0 Å². The normalized spacial score (nSPS) is 20.1. The number of nitrogens with one attached hydrogen (secondary N) is 1. The first-order valence-corrected chi connectivity index (χ1v) is 6.81. The Labute approximate surface area is 113 Å². The molecule has 0 amide bonds. The molecule has 0 aliphatic carbocycles. The smallest absolute Gasteiger partial charge is 0.182 e. The molecular formula is C15H22F2N2. The molecule has 1 saturated heterocycles. The Hall–Kier alpha value is -1.16. The van der Waals surface area contributed by atoms with Crippen LogP contribution in [0.2, 0.25) is 0 Å². The lowest BCUT2D eigenvalue weighted by atomic mass is 10.1. The van der Waals surface area contributed by atoms with E-state index in [1.165, 1.54) is 0 Å². The van der Waals surface area contributed by atoms with Crippen molar-refractivity contribution in [2.45, 2.75) is 32.7 Å². The molecule has 0 spiro atoms. The molecule has 0 aromatic heterocycles. The molecule has 1 atom stereocenters. The van der Waals surface area contributed by atoms with Gasteiger partial charge in [-0.05, 0) is 45.2 Å². The van der Waals surface area contributed by atoms with Crippen LogP contribution in [0.15, 0.2) is 18.2 Å². The number of hydrogen-bond acceptors (Lipinski definition) is 2. The van der Waals surface area contributed by atoms with Crippen molar-refractivity contribution in [3.05, 3.63) is 29.8 Å². The third-order valence-electron chi connectivity index (χ3n) is 3.48. The maximum absolute atomic E-state index is 13.7. The lowest BCUT2D eigenvalue weighted by Gasteiger charge is -2.24. The van der Waals surface area contributed by atoms with Crippen LogP contribution in [-0.2, 0) is 0 Å². The highest BCUT2D eigenvalue weighted by Crippen LogP contribution is 2.27. The van der Waals surface area contributed by atoms with Crippen molar-refractivity contribution in [2.75, 3.05) is 24.5 Å². The fourth-order valence-electron chi connectivity index (χ4n) is 2.41. The average molecular weight is 268 g/mol. The van der Waals surface area contributed by atoms with Gasteiger partial charge in [-0.1, -0.05) is 6.07 Å². The Kier molecular flexibility index (Phi) is 4.09. The highest BCUT2D eigenvalue weighted by atomic mass is 19.2. The molecule has 1 aromatic rings. The monoisotopic (exact) mass is 268 g/mol. The molecule has 1 heterocycles. The van der Waals surface area contributed by atoms with Gasteiger partial charge in [-0.3, -0.25) is 0 Å². The van der Waals surface area contributed by atoms with E-state index in [2.05, 4.69) is 26.1 Å². The van der Waals surface area contributed by atoms with E-state index in [-0.39, 0.29) is 5.54 Å². The number of anilines is 1. The molecule has 19 heavy (non-hydrogen) atoms. The average Bonchev–Trinajstić information content (AvgIpc) is 2.78. The first-order chi connectivity index (χ1) is 8.87. The van der Waals surface area contributed by atoms with Gasteiger partial charge in [0.1, 0.15) is 0 Å². The predicted octanol–water partition coefficient (Wildman–Crippen LogP) is 3.18. The summed E-state index contributed by atoms with van der Waals surface area (Å²) in [7, 11) is 0. The number of hydrogen-bond donors (Lipinski definition) is 1. The summed E-state index contributed by atoms with van der Waals surface area (Å²) in [4.78, 5) is 1.94. The highest BCUT2D eigenvalue weighted by Gasteiger charge is 2.26. The maximum Gasteiger partial charge on any atom is 0.182 e. The van der Waals surface area contributed by atoms with E-state index in [1.54, 1.807) is 12.1 Å². The number of nitrogens with zero attached hydrogens (tertiary/aromatic N) is 1. The molecule has 0 bridgehead atoms. The van der Waals surface area contributed by atoms with Crippen LogP contribution in [0.4, 0.5) is 14.5 Å². The van der Waals surface area contributed by atoms with Gasteiger partial charge in [-0.25, -0.2) is 8.78 Å². The molecule has 4 heteroatoms. The summed E-state index contributed by atoms with van der Waals surface area (Å²) in [5, 5.41) is 3.47. The van der Waals surface area contributed by atoms with Gasteiger partial charge < -0.3 is 10.2 Å². The van der Waals surface area contributed by atoms with E-state index in [0.717, 1.165) is 32.1 Å². The first kappa shape index (κ1) is 14.3. The van der Waals surface area contributed by atoms with Crippen LogP contribution in [-0.4, -0.2) is 25.2 Å². The molecule has 1 aromatic carbocycles. The first-order valence-electron chi connectivity index (χ1n) is 6.81. The predicted molar refractivity (Wildman–Crippen MR) is 74.4 cm³/mol. The maximum atomic E-state index is 13.7. The van der Waals surface area contributed by atoms with Crippen molar-refractivity contribution in [3.63, 3.8) is 0 Å². The lowest BCUT2D eigenvalue weighted by Crippen LogP contribution is -2.39. The van der Waals surface area contributed by atoms with Gasteiger partial charge in [0.15, 0.2) is 11.6 Å². The summed E-state index contributed by atoms with van der Waals surface area (Å²) >= 11 is 0. The molecule has 106 valence electrons. The minimum atomic E-state index is -0.770. The Morgan fingerprint density at radius 2 is 2.05 bits per heavy atom. The van der Waals surface area contributed by atoms with E-state index in [1.807, 2.05) is 4.90 Å². The Balaban J connectivity index is 1.97. The third-order valence-corrected chi connectivity index (χ3v) is 3.48. The zero-order valence-corrected chi connectivity index (χ0v) is 11.8. The van der Waals surface area contributed by atoms with Gasteiger partial charge >= 0.3 is 0 Å². The van der Waals surface area contributed by atoms with Gasteiger partial charge in [0, 0.05) is 25.2 Å². The molecule has 2 nitrogen and oxygen atoms in total. The van der Waals surface area contributed by atoms with Crippen LogP contribution >= 0.6 is 0 Å². The van der Waals surface area contributed by atoms with Crippen LogP contribution in [0.1, 0.15) is 27.2 Å². The Morgan fingerprint density at radius 1 is 1.32 bits per heavy atom. The zero-order valence-electron chi connectivity index (χ0n) is 11.8. The second-order valence-corrected chi connectivity index (χ2v) is 6.30. The molecule has 1 aliphatic rings. The van der Waals surface area contributed by atoms with Crippen molar-refractivity contribution >= 4 is 5.69 Å². The molecule has 1 fully saturated rings. The van der Waals surface area contributed by atoms with Crippen LogP contribution in [0.3, 0.4) is 0 Å². The second-order valence-electron chi connectivity index (χ2n) is 6.30. The van der Waals surface area contributed by atoms with Crippen molar-refractivity contribution in [3.8, 4) is 0 Å². The van der Waals surface area contributed by atoms with E-state index < -0.39 is 11.6 Å². The summed E-state index contributed by atoms with van der Waals surface area (Å²) in [6.45, 7) is 8.88. The van der Waals surface area contributed by atoms with Gasteiger partial charge in [0.2, 0.25) is 0 Å². The van der Waals surface area contributed by atoms with Crippen molar-refractivity contribution < 1.29 is 8.78 Å². The SMILES string of the molecule is CC(C)(C)NCC1CCN(c2cccc(F)c2F)C1. The molecule has 1 aliphatic heterocycles. The van der Waals surface area contributed by atoms with Crippen molar-refractivity contribution in [2.24, 2.45) is 5.92 Å². The van der Waals surface area contributed by atoms with E-state index in [4.69, 9.17) is 0 Å².